The average Bonchev–Trinajstić information content (AvgIpc) is 2.18. The molecule has 0 spiro atoms. The maximum absolute atomic E-state index is 3.53. The predicted molar refractivity (Wildman–Crippen MR) is 72.0 cm³/mol. The number of benzene rings is 1. The van der Waals surface area contributed by atoms with Crippen LogP contribution in [0.1, 0.15) is 12.0 Å². The van der Waals surface area contributed by atoms with Crippen LogP contribution in [-0.2, 0) is 6.54 Å². The van der Waals surface area contributed by atoms with E-state index in [9.17, 15) is 0 Å². The highest BCUT2D eigenvalue weighted by Crippen LogP contribution is 2.21. The third kappa shape index (κ3) is 4.43. The molecule has 0 aliphatic rings. The van der Waals surface area contributed by atoms with E-state index < -0.39 is 0 Å². The van der Waals surface area contributed by atoms with Gasteiger partial charge in [-0.25, -0.2) is 0 Å². The second kappa shape index (κ2) is 6.99. The molecule has 0 aliphatic heterocycles. The molecule has 0 amide bonds. The van der Waals surface area contributed by atoms with Crippen molar-refractivity contribution < 1.29 is 0 Å². The van der Waals surface area contributed by atoms with Gasteiger partial charge in [0.05, 0.1) is 0 Å². The van der Waals surface area contributed by atoms with Crippen LogP contribution in [-0.4, -0.2) is 11.9 Å². The minimum Gasteiger partial charge on any atom is -0.313 e. The highest BCUT2D eigenvalue weighted by atomic mass is 79.9. The van der Waals surface area contributed by atoms with Crippen molar-refractivity contribution in [2.75, 3.05) is 11.9 Å². The number of halogens is 3. The van der Waals surface area contributed by atoms with Crippen LogP contribution in [0.15, 0.2) is 27.1 Å². The minimum atomic E-state index is 0.910. The van der Waals surface area contributed by atoms with E-state index in [0.29, 0.717) is 0 Å². The van der Waals surface area contributed by atoms with Crippen molar-refractivity contribution in [2.45, 2.75) is 13.0 Å². The Labute approximate surface area is 110 Å². The van der Waals surface area contributed by atoms with E-state index in [1.165, 1.54) is 5.56 Å². The molecule has 1 aromatic rings. The second-order valence-electron chi connectivity index (χ2n) is 2.96. The third-order valence-electron chi connectivity index (χ3n) is 1.81. The summed E-state index contributed by atoms with van der Waals surface area (Å²) < 4.78 is 2.28. The first-order valence-electron chi connectivity index (χ1n) is 4.44. The fourth-order valence-corrected chi connectivity index (χ4v) is 2.17. The van der Waals surface area contributed by atoms with Crippen LogP contribution in [0.2, 0.25) is 0 Å². The van der Waals surface area contributed by atoms with Gasteiger partial charge in [0.25, 0.3) is 0 Å². The molecular weight excluding hydrogens is 374 g/mol. The molecular formula is C10H12Br3N. The van der Waals surface area contributed by atoms with Crippen LogP contribution in [0.5, 0.6) is 0 Å². The van der Waals surface area contributed by atoms with Gasteiger partial charge in [0.1, 0.15) is 0 Å². The standard InChI is InChI=1S/C10H12Br3N/c11-4-1-5-14-7-8-6-9(12)2-3-10(8)13/h2-3,6,14H,1,4-5,7H2. The molecule has 1 rings (SSSR count). The van der Waals surface area contributed by atoms with Gasteiger partial charge in [-0.15, -0.1) is 0 Å². The molecule has 0 bridgehead atoms. The Hall–Kier alpha value is 0.620. The minimum absolute atomic E-state index is 0.910. The fraction of sp³-hybridized carbons (Fsp3) is 0.400. The molecule has 0 heterocycles. The monoisotopic (exact) mass is 383 g/mol. The zero-order chi connectivity index (χ0) is 10.4. The molecule has 0 saturated heterocycles. The van der Waals surface area contributed by atoms with Gasteiger partial charge in [0.15, 0.2) is 0 Å². The Bertz CT molecular complexity index is 289. The van der Waals surface area contributed by atoms with E-state index in [4.69, 9.17) is 0 Å². The van der Waals surface area contributed by atoms with E-state index in [1.807, 2.05) is 6.07 Å². The Kier molecular flexibility index (Phi) is 6.33. The topological polar surface area (TPSA) is 12.0 Å². The highest BCUT2D eigenvalue weighted by Gasteiger charge is 1.99. The predicted octanol–water partition coefficient (Wildman–Crippen LogP) is 4.09. The first kappa shape index (κ1) is 12.7. The molecule has 78 valence electrons. The maximum Gasteiger partial charge on any atom is 0.0221 e. The molecule has 0 fully saturated rings. The number of hydrogen-bond acceptors (Lipinski definition) is 1. The molecule has 0 atom stereocenters. The molecule has 0 radical (unpaired) electrons. The summed E-state index contributed by atoms with van der Waals surface area (Å²) in [7, 11) is 0. The molecule has 1 nitrogen and oxygen atoms in total. The summed E-state index contributed by atoms with van der Waals surface area (Å²) in [6, 6.07) is 6.23. The molecule has 14 heavy (non-hydrogen) atoms. The summed E-state index contributed by atoms with van der Waals surface area (Å²) in [5.41, 5.74) is 1.29. The Morgan fingerprint density at radius 3 is 2.71 bits per heavy atom. The van der Waals surface area contributed by atoms with Gasteiger partial charge in [0.2, 0.25) is 0 Å². The van der Waals surface area contributed by atoms with Gasteiger partial charge < -0.3 is 5.32 Å². The van der Waals surface area contributed by atoms with E-state index in [-0.39, 0.29) is 0 Å². The first-order chi connectivity index (χ1) is 6.74. The van der Waals surface area contributed by atoms with Crippen molar-refractivity contribution >= 4 is 47.8 Å². The van der Waals surface area contributed by atoms with Crippen molar-refractivity contribution in [3.63, 3.8) is 0 Å². The Balaban J connectivity index is 2.45. The highest BCUT2D eigenvalue weighted by molar-refractivity contribution is 9.11. The van der Waals surface area contributed by atoms with Gasteiger partial charge in [0, 0.05) is 20.8 Å². The molecule has 1 N–H and O–H groups in total. The number of rotatable bonds is 5. The summed E-state index contributed by atoms with van der Waals surface area (Å²) in [5, 5.41) is 4.45. The second-order valence-corrected chi connectivity index (χ2v) is 5.52. The average molecular weight is 386 g/mol. The van der Waals surface area contributed by atoms with Crippen LogP contribution in [0, 0.1) is 0 Å². The third-order valence-corrected chi connectivity index (χ3v) is 3.64. The van der Waals surface area contributed by atoms with Crippen LogP contribution in [0.4, 0.5) is 0 Å². The lowest BCUT2D eigenvalue weighted by atomic mass is 10.2. The van der Waals surface area contributed by atoms with Crippen LogP contribution in [0.25, 0.3) is 0 Å². The van der Waals surface area contributed by atoms with Gasteiger partial charge >= 0.3 is 0 Å². The van der Waals surface area contributed by atoms with E-state index in [0.717, 1.165) is 33.8 Å². The molecule has 0 aliphatic carbocycles. The number of hydrogen-bond donors (Lipinski definition) is 1. The van der Waals surface area contributed by atoms with Gasteiger partial charge in [-0.2, -0.15) is 0 Å². The lowest BCUT2D eigenvalue weighted by Gasteiger charge is -2.06. The maximum atomic E-state index is 3.53. The first-order valence-corrected chi connectivity index (χ1v) is 7.15. The van der Waals surface area contributed by atoms with Crippen molar-refractivity contribution in [1.29, 1.82) is 0 Å². The number of nitrogens with one attached hydrogen (secondary N) is 1. The summed E-state index contributed by atoms with van der Waals surface area (Å²) in [4.78, 5) is 0. The smallest absolute Gasteiger partial charge is 0.0221 e. The molecule has 0 saturated carbocycles. The SMILES string of the molecule is BrCCCNCc1cc(Br)ccc1Br. The van der Waals surface area contributed by atoms with Crippen LogP contribution < -0.4 is 5.32 Å². The zero-order valence-electron chi connectivity index (χ0n) is 7.69. The van der Waals surface area contributed by atoms with Crippen molar-refractivity contribution in [1.82, 2.24) is 5.32 Å². The van der Waals surface area contributed by atoms with Crippen LogP contribution >= 0.6 is 47.8 Å². The van der Waals surface area contributed by atoms with Crippen molar-refractivity contribution in [3.8, 4) is 0 Å². The van der Waals surface area contributed by atoms with E-state index >= 15 is 0 Å². The lowest BCUT2D eigenvalue weighted by Crippen LogP contribution is -2.15. The number of alkyl halides is 1. The van der Waals surface area contributed by atoms with Crippen LogP contribution in [0.3, 0.4) is 0 Å². The zero-order valence-corrected chi connectivity index (χ0v) is 12.5. The van der Waals surface area contributed by atoms with Gasteiger partial charge in [-0.1, -0.05) is 47.8 Å². The van der Waals surface area contributed by atoms with Crippen molar-refractivity contribution in [2.24, 2.45) is 0 Å². The quantitative estimate of drug-likeness (QED) is 0.594. The van der Waals surface area contributed by atoms with E-state index in [1.54, 1.807) is 0 Å². The van der Waals surface area contributed by atoms with Crippen molar-refractivity contribution in [3.05, 3.63) is 32.7 Å². The Morgan fingerprint density at radius 1 is 1.21 bits per heavy atom. The molecule has 0 aromatic heterocycles. The summed E-state index contributed by atoms with van der Waals surface area (Å²) >= 11 is 10.4. The molecule has 1 aromatic carbocycles. The summed E-state index contributed by atoms with van der Waals surface area (Å²) in [5.74, 6) is 0. The molecule has 0 unspecified atom stereocenters. The van der Waals surface area contributed by atoms with Gasteiger partial charge in [-0.3, -0.25) is 0 Å². The van der Waals surface area contributed by atoms with Gasteiger partial charge in [-0.05, 0) is 36.7 Å². The molecule has 4 heteroatoms. The van der Waals surface area contributed by atoms with E-state index in [2.05, 4.69) is 65.2 Å². The Morgan fingerprint density at radius 2 is 2.00 bits per heavy atom. The largest absolute Gasteiger partial charge is 0.313 e. The fourth-order valence-electron chi connectivity index (χ4n) is 1.09. The lowest BCUT2D eigenvalue weighted by molar-refractivity contribution is 0.678. The summed E-state index contributed by atoms with van der Waals surface area (Å²) in [6.45, 7) is 1.96. The normalized spacial score (nSPS) is 10.5. The summed E-state index contributed by atoms with van der Waals surface area (Å²) in [6.07, 6.45) is 1.16.